The highest BCUT2D eigenvalue weighted by atomic mass is 79.9. The van der Waals surface area contributed by atoms with Crippen molar-refractivity contribution in [3.05, 3.63) is 44.6 Å². The van der Waals surface area contributed by atoms with Crippen molar-refractivity contribution >= 4 is 38.6 Å². The first kappa shape index (κ1) is 12.0. The number of halogens is 1. The minimum absolute atomic E-state index is 0.502. The van der Waals surface area contributed by atoms with Gasteiger partial charge in [0.25, 0.3) is 0 Å². The predicted molar refractivity (Wildman–Crippen MR) is 74.9 cm³/mol. The zero-order chi connectivity index (χ0) is 12.3. The molecule has 0 aliphatic heterocycles. The molecule has 1 heterocycles. The number of nitrogens with one attached hydrogen (secondary N) is 1. The maximum atomic E-state index is 8.87. The van der Waals surface area contributed by atoms with Gasteiger partial charge in [0.05, 0.1) is 9.35 Å². The number of hydrogen-bond acceptors (Lipinski definition) is 4. The summed E-state index contributed by atoms with van der Waals surface area (Å²) in [6, 6.07) is 11.5. The molecular weight excluding hydrogens is 298 g/mol. The van der Waals surface area contributed by atoms with Crippen LogP contribution in [-0.2, 0) is 6.54 Å². The minimum atomic E-state index is 0.502. The van der Waals surface area contributed by atoms with Crippen LogP contribution in [0.4, 0.5) is 11.4 Å². The Bertz CT molecular complexity index is 571. The zero-order valence-corrected chi connectivity index (χ0v) is 11.3. The van der Waals surface area contributed by atoms with E-state index in [1.165, 1.54) is 4.88 Å². The van der Waals surface area contributed by atoms with Crippen molar-refractivity contribution < 1.29 is 0 Å². The van der Waals surface area contributed by atoms with Gasteiger partial charge in [-0.3, -0.25) is 0 Å². The van der Waals surface area contributed by atoms with E-state index < -0.39 is 0 Å². The van der Waals surface area contributed by atoms with Crippen molar-refractivity contribution in [2.75, 3.05) is 11.1 Å². The molecule has 0 aliphatic carbocycles. The van der Waals surface area contributed by atoms with Gasteiger partial charge >= 0.3 is 0 Å². The molecule has 0 unspecified atom stereocenters. The summed E-state index contributed by atoms with van der Waals surface area (Å²) in [5, 5.41) is 12.1. The van der Waals surface area contributed by atoms with E-state index in [0.29, 0.717) is 11.3 Å². The van der Waals surface area contributed by atoms with Crippen molar-refractivity contribution in [3.8, 4) is 6.07 Å². The fourth-order valence-corrected chi connectivity index (χ4v) is 2.82. The van der Waals surface area contributed by atoms with Crippen LogP contribution in [0.5, 0.6) is 0 Å². The van der Waals surface area contributed by atoms with Crippen molar-refractivity contribution in [2.24, 2.45) is 0 Å². The summed E-state index contributed by atoms with van der Waals surface area (Å²) in [7, 11) is 0. The Kier molecular flexibility index (Phi) is 3.67. The Hall–Kier alpha value is -1.51. The summed E-state index contributed by atoms with van der Waals surface area (Å²) >= 11 is 5.11. The lowest BCUT2D eigenvalue weighted by Crippen LogP contribution is -1.99. The Morgan fingerprint density at radius 1 is 1.35 bits per heavy atom. The van der Waals surface area contributed by atoms with Crippen molar-refractivity contribution in [3.63, 3.8) is 0 Å². The molecular formula is C12H10BrN3S. The molecule has 1 aromatic carbocycles. The minimum Gasteiger partial charge on any atom is -0.398 e. The molecule has 0 amide bonds. The van der Waals surface area contributed by atoms with Gasteiger partial charge in [-0.2, -0.15) is 5.26 Å². The highest BCUT2D eigenvalue weighted by Gasteiger charge is 2.01. The first-order valence-corrected chi connectivity index (χ1v) is 6.57. The van der Waals surface area contributed by atoms with Crippen LogP contribution in [0, 0.1) is 11.3 Å². The van der Waals surface area contributed by atoms with E-state index in [1.807, 2.05) is 12.1 Å². The SMILES string of the molecule is N#Cc1cc(NCc2ccc(Br)s2)ccc1N. The number of benzene rings is 1. The molecule has 0 radical (unpaired) electrons. The molecule has 0 saturated heterocycles. The second kappa shape index (κ2) is 5.21. The zero-order valence-electron chi connectivity index (χ0n) is 8.90. The number of hydrogen-bond donors (Lipinski definition) is 2. The number of anilines is 2. The van der Waals surface area contributed by atoms with Gasteiger partial charge in [-0.1, -0.05) is 0 Å². The standard InChI is InChI=1S/C12H10BrN3S/c13-12-4-2-10(17-12)7-16-9-1-3-11(15)8(5-9)6-14/h1-5,16H,7,15H2. The molecule has 0 saturated carbocycles. The molecule has 2 rings (SSSR count). The lowest BCUT2D eigenvalue weighted by Gasteiger charge is -2.06. The average Bonchev–Trinajstić information content (AvgIpc) is 2.74. The highest BCUT2D eigenvalue weighted by molar-refractivity contribution is 9.11. The second-order valence-corrected chi connectivity index (χ2v) is 6.02. The summed E-state index contributed by atoms with van der Waals surface area (Å²) in [6.45, 7) is 0.741. The second-order valence-electron chi connectivity index (χ2n) is 3.47. The first-order chi connectivity index (χ1) is 8.19. The number of nitriles is 1. The Morgan fingerprint density at radius 2 is 2.18 bits per heavy atom. The van der Waals surface area contributed by atoms with Gasteiger partial charge in [0.15, 0.2) is 0 Å². The van der Waals surface area contributed by atoms with Crippen LogP contribution in [0.1, 0.15) is 10.4 Å². The summed E-state index contributed by atoms with van der Waals surface area (Å²) in [6.07, 6.45) is 0. The number of nitrogens with two attached hydrogens (primary N) is 1. The molecule has 3 N–H and O–H groups in total. The summed E-state index contributed by atoms with van der Waals surface area (Å²) < 4.78 is 1.12. The smallest absolute Gasteiger partial charge is 0.101 e. The summed E-state index contributed by atoms with van der Waals surface area (Å²) in [5.41, 5.74) is 7.57. The molecule has 17 heavy (non-hydrogen) atoms. The number of nitrogen functional groups attached to an aromatic ring is 1. The van der Waals surface area contributed by atoms with Crippen LogP contribution < -0.4 is 11.1 Å². The van der Waals surface area contributed by atoms with Crippen LogP contribution in [0.3, 0.4) is 0 Å². The van der Waals surface area contributed by atoms with Crippen LogP contribution >= 0.6 is 27.3 Å². The van der Waals surface area contributed by atoms with Gasteiger partial charge in [0, 0.05) is 22.8 Å². The monoisotopic (exact) mass is 307 g/mol. The molecule has 3 nitrogen and oxygen atoms in total. The van der Waals surface area contributed by atoms with E-state index in [4.69, 9.17) is 11.0 Å². The maximum absolute atomic E-state index is 8.87. The molecule has 0 aliphatic rings. The summed E-state index contributed by atoms with van der Waals surface area (Å²) in [5.74, 6) is 0. The molecule has 0 bridgehead atoms. The van der Waals surface area contributed by atoms with Crippen molar-refractivity contribution in [1.29, 1.82) is 5.26 Å². The Balaban J connectivity index is 2.07. The quantitative estimate of drug-likeness (QED) is 0.852. The molecule has 0 spiro atoms. The van der Waals surface area contributed by atoms with Gasteiger partial charge < -0.3 is 11.1 Å². The number of rotatable bonds is 3. The molecule has 86 valence electrons. The van der Waals surface area contributed by atoms with E-state index in [0.717, 1.165) is 16.0 Å². The fourth-order valence-electron chi connectivity index (χ4n) is 1.40. The topological polar surface area (TPSA) is 61.8 Å². The number of thiophene rings is 1. The van der Waals surface area contributed by atoms with Crippen molar-refractivity contribution in [1.82, 2.24) is 0 Å². The maximum Gasteiger partial charge on any atom is 0.101 e. The van der Waals surface area contributed by atoms with E-state index in [2.05, 4.69) is 33.4 Å². The molecule has 1 aromatic heterocycles. The van der Waals surface area contributed by atoms with E-state index in [-0.39, 0.29) is 0 Å². The highest BCUT2D eigenvalue weighted by Crippen LogP contribution is 2.23. The van der Waals surface area contributed by atoms with Gasteiger partial charge in [-0.25, -0.2) is 0 Å². The molecule has 0 fully saturated rings. The third kappa shape index (κ3) is 2.99. The van der Waals surface area contributed by atoms with Gasteiger partial charge in [0.1, 0.15) is 6.07 Å². The third-order valence-corrected chi connectivity index (χ3v) is 3.89. The van der Waals surface area contributed by atoms with Gasteiger partial charge in [0.2, 0.25) is 0 Å². The van der Waals surface area contributed by atoms with E-state index in [9.17, 15) is 0 Å². The lowest BCUT2D eigenvalue weighted by molar-refractivity contribution is 1.19. The predicted octanol–water partition coefficient (Wildman–Crippen LogP) is 3.58. The van der Waals surface area contributed by atoms with Crippen LogP contribution in [-0.4, -0.2) is 0 Å². The van der Waals surface area contributed by atoms with Crippen molar-refractivity contribution in [2.45, 2.75) is 6.54 Å². The Morgan fingerprint density at radius 3 is 2.82 bits per heavy atom. The van der Waals surface area contributed by atoms with E-state index >= 15 is 0 Å². The molecule has 2 aromatic rings. The van der Waals surface area contributed by atoms with Gasteiger partial charge in [-0.15, -0.1) is 11.3 Å². The normalized spacial score (nSPS) is 9.88. The van der Waals surface area contributed by atoms with Crippen LogP contribution in [0.2, 0.25) is 0 Å². The Labute approximate surface area is 112 Å². The average molecular weight is 308 g/mol. The largest absolute Gasteiger partial charge is 0.398 e. The summed E-state index contributed by atoms with van der Waals surface area (Å²) in [4.78, 5) is 1.23. The fraction of sp³-hybridized carbons (Fsp3) is 0.0833. The van der Waals surface area contributed by atoms with Gasteiger partial charge in [-0.05, 0) is 46.3 Å². The van der Waals surface area contributed by atoms with Crippen LogP contribution in [0.15, 0.2) is 34.1 Å². The first-order valence-electron chi connectivity index (χ1n) is 4.97. The van der Waals surface area contributed by atoms with E-state index in [1.54, 1.807) is 23.5 Å². The number of nitrogens with zero attached hydrogens (tertiary/aromatic N) is 1. The third-order valence-electron chi connectivity index (χ3n) is 2.27. The molecule has 0 atom stereocenters. The lowest BCUT2D eigenvalue weighted by atomic mass is 10.2. The van der Waals surface area contributed by atoms with Crippen LogP contribution in [0.25, 0.3) is 0 Å². The molecule has 5 heteroatoms.